The van der Waals surface area contributed by atoms with Crippen LogP contribution in [0, 0.1) is 23.4 Å². The number of fused-ring (bicyclic) bond motifs is 2. The maximum Gasteiger partial charge on any atom is 0.328 e. The Labute approximate surface area is 335 Å². The van der Waals surface area contributed by atoms with Gasteiger partial charge in [-0.1, -0.05) is 18.2 Å². The number of aromatic hydroxyl groups is 1. The normalized spacial score (nSPS) is 19.1. The molecule has 2 aromatic carbocycles. The number of carbonyl (C=O) groups is 3. The van der Waals surface area contributed by atoms with Gasteiger partial charge in [0.2, 0.25) is 11.7 Å². The molecule has 0 spiro atoms. The zero-order chi connectivity index (χ0) is 40.8. The van der Waals surface area contributed by atoms with Gasteiger partial charge >= 0.3 is 6.03 Å². The Morgan fingerprint density at radius 3 is 2.47 bits per heavy atom. The molecular formula is C41H40F3N11O4. The Balaban J connectivity index is 0.761. The number of aromatic nitrogens is 6. The number of hydrogen-bond acceptors (Lipinski definition) is 10. The van der Waals surface area contributed by atoms with Crippen molar-refractivity contribution in [3.8, 4) is 17.0 Å². The molecule has 1 aliphatic carbocycles. The van der Waals surface area contributed by atoms with E-state index in [1.807, 2.05) is 53.6 Å². The van der Waals surface area contributed by atoms with Crippen molar-refractivity contribution in [1.82, 2.24) is 44.9 Å². The first kappa shape index (κ1) is 38.0. The van der Waals surface area contributed by atoms with E-state index >= 15 is 0 Å². The van der Waals surface area contributed by atoms with Gasteiger partial charge in [-0.05, 0) is 55.4 Å². The number of amides is 4. The lowest BCUT2D eigenvalue weighted by Gasteiger charge is -2.35. The summed E-state index contributed by atoms with van der Waals surface area (Å²) in [5.74, 6) is -6.49. The molecule has 304 valence electrons. The number of phenols is 1. The molecule has 3 fully saturated rings. The first-order valence-electron chi connectivity index (χ1n) is 19.6. The highest BCUT2D eigenvalue weighted by Crippen LogP contribution is 2.34. The van der Waals surface area contributed by atoms with Crippen LogP contribution in [-0.4, -0.2) is 96.5 Å². The highest BCUT2D eigenvalue weighted by Gasteiger charge is 2.28. The quantitative estimate of drug-likeness (QED) is 0.166. The van der Waals surface area contributed by atoms with Crippen LogP contribution in [0.25, 0.3) is 27.7 Å². The molecular weight excluding hydrogens is 768 g/mol. The van der Waals surface area contributed by atoms with Gasteiger partial charge in [0.15, 0.2) is 17.4 Å². The van der Waals surface area contributed by atoms with Gasteiger partial charge in [0.25, 0.3) is 5.91 Å². The van der Waals surface area contributed by atoms with Crippen molar-refractivity contribution >= 4 is 45.8 Å². The predicted octanol–water partition coefficient (Wildman–Crippen LogP) is 5.19. The van der Waals surface area contributed by atoms with Crippen LogP contribution in [0.5, 0.6) is 5.75 Å². The number of anilines is 2. The summed E-state index contributed by atoms with van der Waals surface area (Å²) in [6, 6.07) is 10.3. The number of nitrogens with one attached hydrogen (secondary N) is 2. The van der Waals surface area contributed by atoms with Crippen LogP contribution in [0.4, 0.5) is 29.5 Å². The molecule has 4 amide bonds. The average Bonchev–Trinajstić information content (AvgIpc) is 3.88. The molecule has 6 aromatic rings. The summed E-state index contributed by atoms with van der Waals surface area (Å²) >= 11 is 0. The van der Waals surface area contributed by atoms with E-state index in [1.165, 1.54) is 0 Å². The summed E-state index contributed by atoms with van der Waals surface area (Å²) in [6.07, 6.45) is 12.7. The SMILES string of the molecule is O=C1CCN(c2cnn3cc(CN4CCN(c5cnc(-c6ccc7cn([C@H]8CC[C@H](CNC(=O)c9cc(F)c(O)c(F)c9F)CC8)nc7c6)cn5)CC4)ccc23)C(=O)N1. The number of imide groups is 1. The number of carbonyl (C=O) groups excluding carboxylic acids is 3. The predicted molar refractivity (Wildman–Crippen MR) is 210 cm³/mol. The van der Waals surface area contributed by atoms with Crippen LogP contribution in [0.3, 0.4) is 0 Å². The standard InChI is InChI=1S/C41H40F3N11O4/c42-30-16-29(37(43)38(44)39(30)57)40(58)47-17-24-1-6-28(7-2-24)54-23-27-5-4-26(15-31(27)50-54)32-18-46-35(20-45-32)52-13-11-51(12-14-52)21-25-3-8-33-34(19-48-55(33)22-25)53-10-9-36(56)49-41(53)59/h3-5,8,15-16,18-20,22-24,28,57H,1-2,6-7,9-14,17,21H2,(H,47,58)(H,49,56,59)/t24-,28-. The number of rotatable bonds is 9. The maximum absolute atomic E-state index is 14.1. The van der Waals surface area contributed by atoms with E-state index in [0.29, 0.717) is 18.3 Å². The summed E-state index contributed by atoms with van der Waals surface area (Å²) in [6.45, 7) is 4.60. The number of phenolic OH excluding ortho intramolecular Hbond substituents is 1. The Bertz CT molecular complexity index is 2580. The monoisotopic (exact) mass is 807 g/mol. The second-order valence-corrected chi connectivity index (χ2v) is 15.3. The lowest BCUT2D eigenvalue weighted by Crippen LogP contribution is -2.49. The molecule has 1 saturated carbocycles. The fourth-order valence-corrected chi connectivity index (χ4v) is 8.21. The van der Waals surface area contributed by atoms with Crippen molar-refractivity contribution in [1.29, 1.82) is 0 Å². The molecule has 2 aliphatic heterocycles. The molecule has 2 saturated heterocycles. The molecule has 18 heteroatoms. The molecule has 9 rings (SSSR count). The third-order valence-electron chi connectivity index (χ3n) is 11.6. The number of hydrogen-bond donors (Lipinski definition) is 3. The largest absolute Gasteiger partial charge is 0.503 e. The number of nitrogens with zero attached hydrogens (tertiary/aromatic N) is 9. The average molecular weight is 808 g/mol. The number of urea groups is 1. The highest BCUT2D eigenvalue weighted by molar-refractivity contribution is 6.07. The Hall–Kier alpha value is -6.56. The van der Waals surface area contributed by atoms with Crippen LogP contribution in [0.15, 0.2) is 67.4 Å². The maximum atomic E-state index is 14.1. The van der Waals surface area contributed by atoms with E-state index < -0.39 is 40.7 Å². The molecule has 6 heterocycles. The minimum atomic E-state index is -1.79. The lowest BCUT2D eigenvalue weighted by atomic mass is 9.86. The van der Waals surface area contributed by atoms with Gasteiger partial charge in [-0.3, -0.25) is 34.4 Å². The van der Waals surface area contributed by atoms with Gasteiger partial charge in [0, 0.05) is 75.6 Å². The van der Waals surface area contributed by atoms with E-state index in [9.17, 15) is 32.7 Å². The Morgan fingerprint density at radius 2 is 1.71 bits per heavy atom. The summed E-state index contributed by atoms with van der Waals surface area (Å²) in [5.41, 5.74) is 4.29. The molecule has 0 atom stereocenters. The lowest BCUT2D eigenvalue weighted by molar-refractivity contribution is -0.120. The number of pyridine rings is 1. The molecule has 3 aliphatic rings. The molecule has 0 bridgehead atoms. The molecule has 0 unspecified atom stereocenters. The smallest absolute Gasteiger partial charge is 0.328 e. The van der Waals surface area contributed by atoms with Gasteiger partial charge in [0.05, 0.1) is 52.6 Å². The van der Waals surface area contributed by atoms with E-state index in [0.717, 1.165) is 97.5 Å². The van der Waals surface area contributed by atoms with E-state index in [1.54, 1.807) is 21.8 Å². The van der Waals surface area contributed by atoms with Gasteiger partial charge in [-0.15, -0.1) is 0 Å². The minimum Gasteiger partial charge on any atom is -0.503 e. The Morgan fingerprint density at radius 1 is 0.898 bits per heavy atom. The second-order valence-electron chi connectivity index (χ2n) is 15.3. The van der Waals surface area contributed by atoms with Gasteiger partial charge in [0.1, 0.15) is 5.82 Å². The summed E-state index contributed by atoms with van der Waals surface area (Å²) in [4.78, 5) is 52.1. The fraction of sp³-hybridized carbons (Fsp3) is 0.341. The molecule has 15 nitrogen and oxygen atoms in total. The Kier molecular flexibility index (Phi) is 10.1. The zero-order valence-electron chi connectivity index (χ0n) is 31.8. The third-order valence-corrected chi connectivity index (χ3v) is 11.6. The van der Waals surface area contributed by atoms with Crippen molar-refractivity contribution in [3.63, 3.8) is 0 Å². The second kappa shape index (κ2) is 15.7. The van der Waals surface area contributed by atoms with Gasteiger partial charge < -0.3 is 15.3 Å². The van der Waals surface area contributed by atoms with Crippen LogP contribution >= 0.6 is 0 Å². The number of halogens is 3. The first-order valence-corrected chi connectivity index (χ1v) is 19.6. The first-order chi connectivity index (χ1) is 28.6. The van der Waals surface area contributed by atoms with Crippen LogP contribution in [-0.2, 0) is 11.3 Å². The van der Waals surface area contributed by atoms with E-state index in [-0.39, 0.29) is 30.8 Å². The fourth-order valence-electron chi connectivity index (χ4n) is 8.21. The van der Waals surface area contributed by atoms with Gasteiger partial charge in [-0.25, -0.2) is 23.1 Å². The van der Waals surface area contributed by atoms with Crippen molar-refractivity contribution in [3.05, 3.63) is 96.0 Å². The number of benzene rings is 2. The van der Waals surface area contributed by atoms with Crippen LogP contribution < -0.4 is 20.4 Å². The topological polar surface area (TPSA) is 166 Å². The molecule has 0 radical (unpaired) electrons. The van der Waals surface area contributed by atoms with Gasteiger partial charge in [-0.2, -0.15) is 14.6 Å². The van der Waals surface area contributed by atoms with Crippen molar-refractivity contribution in [2.45, 2.75) is 44.7 Å². The summed E-state index contributed by atoms with van der Waals surface area (Å²) in [5, 5.41) is 24.5. The molecule has 3 N–H and O–H groups in total. The van der Waals surface area contributed by atoms with E-state index in [2.05, 4.69) is 25.5 Å². The molecule has 4 aromatic heterocycles. The molecule has 59 heavy (non-hydrogen) atoms. The zero-order valence-corrected chi connectivity index (χ0v) is 31.8. The summed E-state index contributed by atoms with van der Waals surface area (Å²) < 4.78 is 45.3. The van der Waals surface area contributed by atoms with E-state index in [4.69, 9.17) is 15.1 Å². The highest BCUT2D eigenvalue weighted by atomic mass is 19.2. The number of piperazine rings is 1. The third kappa shape index (κ3) is 7.62. The van der Waals surface area contributed by atoms with Crippen LogP contribution in [0.2, 0.25) is 0 Å². The minimum absolute atomic E-state index is 0.111. The van der Waals surface area contributed by atoms with Crippen LogP contribution in [0.1, 0.15) is 54.1 Å². The van der Waals surface area contributed by atoms with Crippen molar-refractivity contribution in [2.24, 2.45) is 5.92 Å². The summed E-state index contributed by atoms with van der Waals surface area (Å²) in [7, 11) is 0. The van der Waals surface area contributed by atoms with Crippen molar-refractivity contribution < 1.29 is 32.7 Å². The van der Waals surface area contributed by atoms with Crippen molar-refractivity contribution in [2.75, 3.05) is 49.1 Å².